The van der Waals surface area contributed by atoms with Crippen molar-refractivity contribution in [2.24, 2.45) is 0 Å². The minimum Gasteiger partial charge on any atom is -0.344 e. The maximum Gasteiger partial charge on any atom is 0.258 e. The van der Waals surface area contributed by atoms with Gasteiger partial charge in [0.25, 0.3) is 5.91 Å². The van der Waals surface area contributed by atoms with Gasteiger partial charge in [0.05, 0.1) is 0 Å². The summed E-state index contributed by atoms with van der Waals surface area (Å²) in [5, 5.41) is 14.8. The van der Waals surface area contributed by atoms with E-state index in [4.69, 9.17) is 5.26 Å². The average molecular weight is 315 g/mol. The Balaban J connectivity index is 2.28. The fourth-order valence-corrected chi connectivity index (χ4v) is 3.30. The van der Waals surface area contributed by atoms with E-state index in [0.29, 0.717) is 6.42 Å². The van der Waals surface area contributed by atoms with Crippen LogP contribution in [0.1, 0.15) is 19.4 Å². The molecule has 0 aliphatic rings. The van der Waals surface area contributed by atoms with E-state index in [-0.39, 0.29) is 18.4 Å². The molecule has 5 nitrogen and oxygen atoms in total. The van der Waals surface area contributed by atoms with E-state index in [1.165, 1.54) is 6.92 Å². The number of nitrogens with zero attached hydrogens (tertiary/aromatic N) is 2. The Hall–Kier alpha value is -2.39. The molecule has 1 heterocycles. The molecule has 1 aromatic carbocycles. The fourth-order valence-electron chi connectivity index (χ4n) is 2.32. The molecule has 0 saturated heterocycles. The van der Waals surface area contributed by atoms with Crippen LogP contribution in [0.5, 0.6) is 0 Å². The highest BCUT2D eigenvalue weighted by Crippen LogP contribution is 2.26. The van der Waals surface area contributed by atoms with Crippen LogP contribution < -0.4 is 5.32 Å². The van der Waals surface area contributed by atoms with Crippen molar-refractivity contribution in [1.82, 2.24) is 10.2 Å². The lowest BCUT2D eigenvalue weighted by Gasteiger charge is -2.20. The molecule has 22 heavy (non-hydrogen) atoms. The summed E-state index contributed by atoms with van der Waals surface area (Å²) >= 11 is 1.60. The molecule has 6 heteroatoms. The highest BCUT2D eigenvalue weighted by atomic mass is 32.1. The molecule has 0 fully saturated rings. The van der Waals surface area contributed by atoms with E-state index < -0.39 is 6.04 Å². The van der Waals surface area contributed by atoms with Crippen LogP contribution in [-0.4, -0.2) is 29.3 Å². The maximum atomic E-state index is 12.4. The summed E-state index contributed by atoms with van der Waals surface area (Å²) in [6.07, 6.45) is 2.23. The van der Waals surface area contributed by atoms with E-state index in [1.54, 1.807) is 18.3 Å². The van der Waals surface area contributed by atoms with Gasteiger partial charge in [0.1, 0.15) is 6.04 Å². The predicted molar refractivity (Wildman–Crippen MR) is 86.1 cm³/mol. The van der Waals surface area contributed by atoms with Crippen molar-refractivity contribution in [2.75, 3.05) is 6.54 Å². The van der Waals surface area contributed by atoms with Crippen LogP contribution in [0.2, 0.25) is 0 Å². The Kier molecular flexibility index (Phi) is 5.12. The number of thiophene rings is 1. The first-order valence-corrected chi connectivity index (χ1v) is 7.88. The zero-order valence-corrected chi connectivity index (χ0v) is 13.3. The monoisotopic (exact) mass is 315 g/mol. The normalized spacial score (nSPS) is 11.7. The van der Waals surface area contributed by atoms with Gasteiger partial charge in [-0.15, -0.1) is 11.3 Å². The zero-order chi connectivity index (χ0) is 16.1. The fraction of sp³-hybridized carbons (Fsp3) is 0.312. The number of hydrogen-bond acceptors (Lipinski definition) is 4. The first-order valence-electron chi connectivity index (χ1n) is 7.00. The molecule has 1 unspecified atom stereocenters. The van der Waals surface area contributed by atoms with Crippen molar-refractivity contribution >= 4 is 33.2 Å². The van der Waals surface area contributed by atoms with Gasteiger partial charge in [-0.1, -0.05) is 18.2 Å². The number of fused-ring (bicyclic) bond motifs is 1. The third-order valence-corrected chi connectivity index (χ3v) is 4.38. The summed E-state index contributed by atoms with van der Waals surface area (Å²) in [5.41, 5.74) is 1.00. The summed E-state index contributed by atoms with van der Waals surface area (Å²) in [5.74, 6) is -0.664. The molecule has 2 rings (SSSR count). The van der Waals surface area contributed by atoms with Crippen molar-refractivity contribution in [1.29, 1.82) is 5.26 Å². The van der Waals surface area contributed by atoms with Crippen molar-refractivity contribution in [2.45, 2.75) is 26.3 Å². The molecule has 0 radical (unpaired) electrons. The van der Waals surface area contributed by atoms with Crippen LogP contribution in [-0.2, 0) is 16.0 Å². The van der Waals surface area contributed by atoms with Crippen LogP contribution in [0.4, 0.5) is 0 Å². The Morgan fingerprint density at radius 1 is 1.41 bits per heavy atom. The molecule has 0 saturated carbocycles. The maximum absolute atomic E-state index is 12.4. The van der Waals surface area contributed by atoms with Gasteiger partial charge in [0, 0.05) is 24.6 Å². The quantitative estimate of drug-likeness (QED) is 0.679. The van der Waals surface area contributed by atoms with Gasteiger partial charge in [0.2, 0.25) is 5.91 Å². The number of carbonyl (C=O) groups excluding carboxylic acids is 2. The van der Waals surface area contributed by atoms with Gasteiger partial charge < -0.3 is 5.32 Å². The predicted octanol–water partition coefficient (Wildman–Crippen LogP) is 2.28. The lowest BCUT2D eigenvalue weighted by Crippen LogP contribution is -2.47. The summed E-state index contributed by atoms with van der Waals surface area (Å²) in [6.45, 7) is 3.39. The Labute approximate surface area is 133 Å². The van der Waals surface area contributed by atoms with E-state index in [2.05, 4.69) is 5.32 Å². The number of nitriles is 1. The van der Waals surface area contributed by atoms with Gasteiger partial charge >= 0.3 is 0 Å². The first-order chi connectivity index (χ1) is 10.6. The molecule has 1 aromatic heterocycles. The van der Waals surface area contributed by atoms with Gasteiger partial charge in [-0.25, -0.2) is 4.90 Å². The molecular formula is C16H17N3O2S. The summed E-state index contributed by atoms with van der Waals surface area (Å²) in [7, 11) is 0. The lowest BCUT2D eigenvalue weighted by molar-refractivity contribution is -0.133. The molecule has 2 aromatic rings. The van der Waals surface area contributed by atoms with Gasteiger partial charge in [-0.2, -0.15) is 5.26 Å². The summed E-state index contributed by atoms with van der Waals surface area (Å²) < 4.78 is 1.14. The Bertz CT molecular complexity index is 732. The molecule has 0 aliphatic carbocycles. The van der Waals surface area contributed by atoms with Gasteiger partial charge in [0.15, 0.2) is 6.19 Å². The second-order valence-electron chi connectivity index (χ2n) is 4.90. The second-order valence-corrected chi connectivity index (χ2v) is 5.81. The standard InChI is InChI=1S/C16H17N3O2S/c1-3-19(10-17)16(21)14(18-11(2)20)8-12-9-22-15-7-5-4-6-13(12)15/h4-7,9,14H,3,8H2,1-2H3,(H,18,20). The number of rotatable bonds is 5. The van der Waals surface area contributed by atoms with Crippen molar-refractivity contribution in [3.05, 3.63) is 35.2 Å². The molecule has 114 valence electrons. The van der Waals surface area contributed by atoms with E-state index in [1.807, 2.05) is 35.8 Å². The molecular weight excluding hydrogens is 298 g/mol. The third kappa shape index (κ3) is 3.43. The number of carbonyl (C=O) groups is 2. The molecule has 1 N–H and O–H groups in total. The van der Waals surface area contributed by atoms with Crippen LogP contribution in [0, 0.1) is 11.5 Å². The van der Waals surface area contributed by atoms with E-state index >= 15 is 0 Å². The van der Waals surface area contributed by atoms with Crippen LogP contribution >= 0.6 is 11.3 Å². The smallest absolute Gasteiger partial charge is 0.258 e. The molecule has 0 spiro atoms. The van der Waals surface area contributed by atoms with Crippen LogP contribution in [0.15, 0.2) is 29.6 Å². The summed E-state index contributed by atoms with van der Waals surface area (Å²) in [4.78, 5) is 24.8. The summed E-state index contributed by atoms with van der Waals surface area (Å²) in [6, 6.07) is 7.20. The largest absolute Gasteiger partial charge is 0.344 e. The number of nitrogens with one attached hydrogen (secondary N) is 1. The van der Waals surface area contributed by atoms with Gasteiger partial charge in [-0.3, -0.25) is 9.59 Å². The highest BCUT2D eigenvalue weighted by Gasteiger charge is 2.25. The van der Waals surface area contributed by atoms with E-state index in [0.717, 1.165) is 20.5 Å². The molecule has 1 atom stereocenters. The topological polar surface area (TPSA) is 73.2 Å². The second kappa shape index (κ2) is 7.05. The lowest BCUT2D eigenvalue weighted by atomic mass is 10.0. The van der Waals surface area contributed by atoms with Crippen molar-refractivity contribution < 1.29 is 9.59 Å². The highest BCUT2D eigenvalue weighted by molar-refractivity contribution is 7.17. The number of hydrogen-bond donors (Lipinski definition) is 1. The van der Waals surface area contributed by atoms with Crippen molar-refractivity contribution in [3.8, 4) is 6.19 Å². The van der Waals surface area contributed by atoms with Crippen LogP contribution in [0.25, 0.3) is 10.1 Å². The molecule has 0 bridgehead atoms. The van der Waals surface area contributed by atoms with Crippen molar-refractivity contribution in [3.63, 3.8) is 0 Å². The Morgan fingerprint density at radius 2 is 2.14 bits per heavy atom. The number of likely N-dealkylation sites (N-methyl/N-ethyl adjacent to an activating group) is 1. The zero-order valence-electron chi connectivity index (χ0n) is 12.5. The molecule has 0 aliphatic heterocycles. The number of benzene rings is 1. The first kappa shape index (κ1) is 16.0. The minimum atomic E-state index is -0.727. The SMILES string of the molecule is CCN(C#N)C(=O)C(Cc1csc2ccccc12)NC(C)=O. The number of amides is 2. The molecule has 2 amide bonds. The third-order valence-electron chi connectivity index (χ3n) is 3.36. The average Bonchev–Trinajstić information content (AvgIpc) is 2.90. The minimum absolute atomic E-state index is 0.285. The van der Waals surface area contributed by atoms with Crippen LogP contribution in [0.3, 0.4) is 0 Å². The van der Waals surface area contributed by atoms with Gasteiger partial charge in [-0.05, 0) is 29.3 Å². The Morgan fingerprint density at radius 3 is 2.77 bits per heavy atom. The van der Waals surface area contributed by atoms with E-state index in [9.17, 15) is 9.59 Å².